The second-order valence-corrected chi connectivity index (χ2v) is 5.94. The topological polar surface area (TPSA) is 77.1 Å². The van der Waals surface area contributed by atoms with E-state index in [4.69, 9.17) is 4.42 Å². The summed E-state index contributed by atoms with van der Waals surface area (Å²) in [6, 6.07) is 10.8. The molecule has 1 N–H and O–H groups in total. The molecule has 6 nitrogen and oxygen atoms in total. The Labute approximate surface area is 138 Å². The Balaban J connectivity index is 1.42. The van der Waals surface area contributed by atoms with Crippen molar-refractivity contribution in [3.63, 3.8) is 0 Å². The number of carbonyl (C=O) groups is 1. The Morgan fingerprint density at radius 2 is 2.12 bits per heavy atom. The normalized spacial score (nSPS) is 13.2. The standard InChI is InChI=1S/C18H17N3O3/c22-17-11-12-5-3-6-14(12)20-21(17)9-8-19-18(23)16-10-13-4-1-2-7-15(13)24-16/h1-2,4,7,10-11H,3,5-6,8-9H2,(H,19,23). The van der Waals surface area contributed by atoms with Crippen LogP contribution in [0.2, 0.25) is 0 Å². The van der Waals surface area contributed by atoms with E-state index in [1.54, 1.807) is 12.1 Å². The van der Waals surface area contributed by atoms with Crippen molar-refractivity contribution in [3.05, 3.63) is 63.8 Å². The van der Waals surface area contributed by atoms with Gasteiger partial charge in [0, 0.05) is 18.0 Å². The number of hydrogen-bond acceptors (Lipinski definition) is 4. The van der Waals surface area contributed by atoms with Crippen LogP contribution >= 0.6 is 0 Å². The molecule has 4 rings (SSSR count). The fourth-order valence-corrected chi connectivity index (χ4v) is 3.06. The average Bonchev–Trinajstić information content (AvgIpc) is 3.20. The van der Waals surface area contributed by atoms with Gasteiger partial charge in [0.1, 0.15) is 5.58 Å². The number of para-hydroxylation sites is 1. The van der Waals surface area contributed by atoms with Gasteiger partial charge in [0.05, 0.1) is 12.2 Å². The lowest BCUT2D eigenvalue weighted by Crippen LogP contribution is -2.32. The highest BCUT2D eigenvalue weighted by Gasteiger charge is 2.15. The number of rotatable bonds is 4. The second kappa shape index (κ2) is 5.96. The number of aryl methyl sites for hydroxylation is 2. The molecule has 1 aliphatic rings. The zero-order valence-electron chi connectivity index (χ0n) is 13.1. The maximum absolute atomic E-state index is 12.2. The van der Waals surface area contributed by atoms with Gasteiger partial charge in [0.15, 0.2) is 5.76 Å². The predicted octanol–water partition coefficient (Wildman–Crippen LogP) is 1.91. The molecule has 1 amide bonds. The summed E-state index contributed by atoms with van der Waals surface area (Å²) in [5.74, 6) is -0.0223. The molecule has 0 saturated carbocycles. The van der Waals surface area contributed by atoms with Gasteiger partial charge < -0.3 is 9.73 Å². The molecule has 2 heterocycles. The maximum atomic E-state index is 12.2. The van der Waals surface area contributed by atoms with E-state index in [-0.39, 0.29) is 17.2 Å². The number of nitrogens with zero attached hydrogens (tertiary/aromatic N) is 2. The lowest BCUT2D eigenvalue weighted by atomic mass is 10.2. The first-order chi connectivity index (χ1) is 11.7. The van der Waals surface area contributed by atoms with Gasteiger partial charge in [-0.25, -0.2) is 4.68 Å². The summed E-state index contributed by atoms with van der Waals surface area (Å²) in [5.41, 5.74) is 2.62. The molecule has 1 aromatic carbocycles. The molecule has 2 aromatic heterocycles. The molecule has 0 atom stereocenters. The molecule has 0 fully saturated rings. The minimum atomic E-state index is -0.291. The van der Waals surface area contributed by atoms with Crippen molar-refractivity contribution in [2.75, 3.05) is 6.54 Å². The zero-order chi connectivity index (χ0) is 16.5. The summed E-state index contributed by atoms with van der Waals surface area (Å²) in [4.78, 5) is 24.2. The number of fused-ring (bicyclic) bond motifs is 2. The van der Waals surface area contributed by atoms with Crippen molar-refractivity contribution in [1.29, 1.82) is 0 Å². The van der Waals surface area contributed by atoms with E-state index in [9.17, 15) is 9.59 Å². The third kappa shape index (κ3) is 2.71. The van der Waals surface area contributed by atoms with Crippen molar-refractivity contribution in [2.24, 2.45) is 0 Å². The Bertz CT molecular complexity index is 938. The van der Waals surface area contributed by atoms with E-state index in [2.05, 4.69) is 10.4 Å². The minimum Gasteiger partial charge on any atom is -0.451 e. The third-order valence-corrected chi connectivity index (χ3v) is 4.28. The number of benzene rings is 1. The van der Waals surface area contributed by atoms with Gasteiger partial charge in [-0.1, -0.05) is 18.2 Å². The molecule has 0 radical (unpaired) electrons. The maximum Gasteiger partial charge on any atom is 0.287 e. The highest BCUT2D eigenvalue weighted by Crippen LogP contribution is 2.18. The van der Waals surface area contributed by atoms with Gasteiger partial charge in [-0.05, 0) is 37.0 Å². The molecular weight excluding hydrogens is 306 g/mol. The summed E-state index contributed by atoms with van der Waals surface area (Å²) < 4.78 is 6.94. The van der Waals surface area contributed by atoms with Gasteiger partial charge in [-0.15, -0.1) is 0 Å². The van der Waals surface area contributed by atoms with Crippen molar-refractivity contribution < 1.29 is 9.21 Å². The first kappa shape index (κ1) is 14.7. The largest absolute Gasteiger partial charge is 0.451 e. The zero-order valence-corrected chi connectivity index (χ0v) is 13.1. The fourth-order valence-electron chi connectivity index (χ4n) is 3.06. The second-order valence-electron chi connectivity index (χ2n) is 5.94. The molecule has 0 unspecified atom stereocenters. The Kier molecular flexibility index (Phi) is 3.65. The highest BCUT2D eigenvalue weighted by molar-refractivity contribution is 5.95. The van der Waals surface area contributed by atoms with Crippen LogP contribution in [0.4, 0.5) is 0 Å². The van der Waals surface area contributed by atoms with Crippen molar-refractivity contribution >= 4 is 16.9 Å². The molecule has 6 heteroatoms. The molecule has 0 spiro atoms. The van der Waals surface area contributed by atoms with Crippen LogP contribution in [-0.2, 0) is 19.4 Å². The molecule has 24 heavy (non-hydrogen) atoms. The van der Waals surface area contributed by atoms with Crippen LogP contribution in [-0.4, -0.2) is 22.2 Å². The number of hydrogen-bond donors (Lipinski definition) is 1. The van der Waals surface area contributed by atoms with Gasteiger partial charge in [-0.2, -0.15) is 5.10 Å². The van der Waals surface area contributed by atoms with Crippen molar-refractivity contribution in [1.82, 2.24) is 15.1 Å². The lowest BCUT2D eigenvalue weighted by Gasteiger charge is -2.07. The monoisotopic (exact) mass is 323 g/mol. The van der Waals surface area contributed by atoms with E-state index in [1.807, 2.05) is 24.3 Å². The third-order valence-electron chi connectivity index (χ3n) is 4.28. The van der Waals surface area contributed by atoms with Crippen LogP contribution in [0.1, 0.15) is 28.2 Å². The van der Waals surface area contributed by atoms with Crippen LogP contribution < -0.4 is 10.9 Å². The quantitative estimate of drug-likeness (QED) is 0.795. The summed E-state index contributed by atoms with van der Waals surface area (Å²) in [6.45, 7) is 0.666. The molecule has 3 aromatic rings. The first-order valence-electron chi connectivity index (χ1n) is 8.07. The van der Waals surface area contributed by atoms with Gasteiger partial charge in [0.25, 0.3) is 11.5 Å². The summed E-state index contributed by atoms with van der Waals surface area (Å²) in [7, 11) is 0. The molecule has 1 aliphatic carbocycles. The van der Waals surface area contributed by atoms with E-state index < -0.39 is 0 Å². The van der Waals surface area contributed by atoms with Gasteiger partial charge in [0.2, 0.25) is 0 Å². The summed E-state index contributed by atoms with van der Waals surface area (Å²) >= 11 is 0. The van der Waals surface area contributed by atoms with Crippen LogP contribution in [0.25, 0.3) is 11.0 Å². The van der Waals surface area contributed by atoms with E-state index >= 15 is 0 Å². The summed E-state index contributed by atoms with van der Waals surface area (Å²) in [5, 5.41) is 8.05. The minimum absolute atomic E-state index is 0.117. The van der Waals surface area contributed by atoms with Crippen LogP contribution in [0.15, 0.2) is 45.6 Å². The molecule has 0 bridgehead atoms. The predicted molar refractivity (Wildman–Crippen MR) is 89.1 cm³/mol. The van der Waals surface area contributed by atoms with Crippen LogP contribution in [0, 0.1) is 0 Å². The molecule has 0 saturated heterocycles. The number of amides is 1. The van der Waals surface area contributed by atoms with Crippen molar-refractivity contribution in [2.45, 2.75) is 25.8 Å². The van der Waals surface area contributed by atoms with Gasteiger partial charge in [-0.3, -0.25) is 9.59 Å². The number of nitrogens with one attached hydrogen (secondary N) is 1. The summed E-state index contributed by atoms with van der Waals surface area (Å²) in [6.07, 6.45) is 2.90. The van der Waals surface area contributed by atoms with E-state index in [0.717, 1.165) is 35.9 Å². The first-order valence-corrected chi connectivity index (χ1v) is 8.07. The van der Waals surface area contributed by atoms with E-state index in [0.29, 0.717) is 18.7 Å². The lowest BCUT2D eigenvalue weighted by molar-refractivity contribution is 0.0926. The number of furan rings is 1. The Morgan fingerprint density at radius 1 is 1.25 bits per heavy atom. The molecular formula is C18H17N3O3. The van der Waals surface area contributed by atoms with Crippen LogP contribution in [0.5, 0.6) is 0 Å². The highest BCUT2D eigenvalue weighted by atomic mass is 16.3. The Morgan fingerprint density at radius 3 is 3.00 bits per heavy atom. The van der Waals surface area contributed by atoms with Crippen LogP contribution in [0.3, 0.4) is 0 Å². The van der Waals surface area contributed by atoms with Gasteiger partial charge >= 0.3 is 0 Å². The van der Waals surface area contributed by atoms with Crippen molar-refractivity contribution in [3.8, 4) is 0 Å². The smallest absolute Gasteiger partial charge is 0.287 e. The fraction of sp³-hybridized carbons (Fsp3) is 0.278. The van der Waals surface area contributed by atoms with E-state index in [1.165, 1.54) is 4.68 Å². The average molecular weight is 323 g/mol. The number of carbonyl (C=O) groups excluding carboxylic acids is 1. The SMILES string of the molecule is O=C(NCCn1nc2c(cc1=O)CCC2)c1cc2ccccc2o1. The molecule has 122 valence electrons. The molecule has 0 aliphatic heterocycles. The number of aromatic nitrogens is 2. The Hall–Kier alpha value is -2.89.